The van der Waals surface area contributed by atoms with E-state index in [1.54, 1.807) is 7.11 Å². The maximum absolute atomic E-state index is 5.26. The summed E-state index contributed by atoms with van der Waals surface area (Å²) >= 11 is 0. The molecule has 1 heterocycles. The molecule has 1 aliphatic carbocycles. The van der Waals surface area contributed by atoms with Gasteiger partial charge in [-0.05, 0) is 23.8 Å². The van der Waals surface area contributed by atoms with Gasteiger partial charge in [0.15, 0.2) is 0 Å². The Bertz CT molecular complexity index is 555. The van der Waals surface area contributed by atoms with Crippen LogP contribution >= 0.6 is 0 Å². The van der Waals surface area contributed by atoms with E-state index in [0.29, 0.717) is 5.92 Å². The highest BCUT2D eigenvalue weighted by Crippen LogP contribution is 2.25. The van der Waals surface area contributed by atoms with Crippen LogP contribution in [0.1, 0.15) is 5.56 Å². The number of fused-ring (bicyclic) bond motifs is 1. The van der Waals surface area contributed by atoms with Crippen LogP contribution in [0, 0.1) is 5.92 Å². The third kappa shape index (κ3) is 2.66. The number of rotatable bonds is 2. The van der Waals surface area contributed by atoms with Crippen molar-refractivity contribution in [3.63, 3.8) is 0 Å². The van der Waals surface area contributed by atoms with Gasteiger partial charge < -0.3 is 10.2 Å². The van der Waals surface area contributed by atoms with E-state index in [2.05, 4.69) is 36.4 Å². The van der Waals surface area contributed by atoms with Gasteiger partial charge in [0, 0.05) is 5.92 Å². The molecule has 1 aliphatic heterocycles. The molecular formula is C16H17NO2. The number of dihydropyridines is 1. The third-order valence-electron chi connectivity index (χ3n) is 3.28. The van der Waals surface area contributed by atoms with Crippen molar-refractivity contribution < 1.29 is 10.2 Å². The molecule has 0 fully saturated rings. The zero-order valence-corrected chi connectivity index (χ0v) is 10.8. The minimum atomic E-state index is 0. The van der Waals surface area contributed by atoms with Crippen LogP contribution in [0.2, 0.25) is 0 Å². The topological polar surface area (TPSA) is 53.1 Å². The average molecular weight is 255 g/mol. The van der Waals surface area contributed by atoms with Crippen molar-refractivity contribution in [1.82, 2.24) is 0 Å². The predicted molar refractivity (Wildman–Crippen MR) is 77.2 cm³/mol. The van der Waals surface area contributed by atoms with E-state index in [1.165, 1.54) is 0 Å². The summed E-state index contributed by atoms with van der Waals surface area (Å²) in [4.78, 5) is 4.79. The van der Waals surface area contributed by atoms with Gasteiger partial charge in [-0.15, -0.1) is 0 Å². The summed E-state index contributed by atoms with van der Waals surface area (Å²) in [6, 6.07) is 10.4. The molecule has 0 radical (unpaired) electrons. The number of allylic oxidation sites excluding steroid dienone is 2. The zero-order valence-electron chi connectivity index (χ0n) is 10.8. The van der Waals surface area contributed by atoms with Crippen molar-refractivity contribution in [2.75, 3.05) is 7.11 Å². The van der Waals surface area contributed by atoms with E-state index in [1.807, 2.05) is 24.3 Å². The zero-order chi connectivity index (χ0) is 12.4. The molecule has 98 valence electrons. The Kier molecular flexibility index (Phi) is 3.97. The second-order valence-electron chi connectivity index (χ2n) is 4.44. The minimum Gasteiger partial charge on any atom is -0.497 e. The summed E-state index contributed by atoms with van der Waals surface area (Å²) < 4.78 is 5.26. The van der Waals surface area contributed by atoms with Gasteiger partial charge in [-0.2, -0.15) is 0 Å². The standard InChI is InChI=1S/C16H15NO.H2O/c1-18-14-9-7-13-8-10-15(17-16(13)11-14)12-5-3-2-4-6-12;/h2-11,13,16H,1H3;1H2. The third-order valence-corrected chi connectivity index (χ3v) is 3.28. The lowest BCUT2D eigenvalue weighted by Gasteiger charge is -2.24. The average Bonchev–Trinajstić information content (AvgIpc) is 2.47. The summed E-state index contributed by atoms with van der Waals surface area (Å²) in [6.45, 7) is 0. The van der Waals surface area contributed by atoms with Crippen molar-refractivity contribution >= 4 is 5.71 Å². The number of hydrogen-bond acceptors (Lipinski definition) is 2. The van der Waals surface area contributed by atoms with Crippen molar-refractivity contribution in [3.05, 3.63) is 72.0 Å². The van der Waals surface area contributed by atoms with Gasteiger partial charge in [0.05, 0.1) is 18.9 Å². The molecule has 3 heteroatoms. The molecule has 0 spiro atoms. The van der Waals surface area contributed by atoms with Gasteiger partial charge in [0.25, 0.3) is 0 Å². The molecule has 1 aromatic carbocycles. The molecular weight excluding hydrogens is 238 g/mol. The second-order valence-corrected chi connectivity index (χ2v) is 4.44. The SMILES string of the molecule is COC1=CC2N=C(c3ccccc3)C=CC2C=C1.O. The normalized spacial score (nSPS) is 23.8. The largest absolute Gasteiger partial charge is 0.497 e. The van der Waals surface area contributed by atoms with Crippen LogP contribution in [0.3, 0.4) is 0 Å². The molecule has 1 aromatic rings. The fourth-order valence-corrected chi connectivity index (χ4v) is 2.28. The summed E-state index contributed by atoms with van der Waals surface area (Å²) in [5.41, 5.74) is 2.20. The van der Waals surface area contributed by atoms with Crippen LogP contribution in [-0.4, -0.2) is 24.3 Å². The molecule has 0 aromatic heterocycles. The monoisotopic (exact) mass is 255 g/mol. The Labute approximate surface area is 112 Å². The summed E-state index contributed by atoms with van der Waals surface area (Å²) in [6.07, 6.45) is 10.5. The van der Waals surface area contributed by atoms with Gasteiger partial charge >= 0.3 is 0 Å². The predicted octanol–water partition coefficient (Wildman–Crippen LogP) is 2.31. The van der Waals surface area contributed by atoms with Crippen molar-refractivity contribution in [1.29, 1.82) is 0 Å². The van der Waals surface area contributed by atoms with Crippen LogP contribution in [-0.2, 0) is 4.74 Å². The lowest BCUT2D eigenvalue weighted by Crippen LogP contribution is -2.22. The molecule has 0 saturated heterocycles. The number of nitrogens with zero attached hydrogens (tertiary/aromatic N) is 1. The second kappa shape index (κ2) is 5.67. The van der Waals surface area contributed by atoms with E-state index < -0.39 is 0 Å². The first kappa shape index (κ1) is 13.3. The molecule has 2 unspecified atom stereocenters. The van der Waals surface area contributed by atoms with E-state index in [0.717, 1.165) is 17.0 Å². The highest BCUT2D eigenvalue weighted by molar-refractivity contribution is 6.09. The maximum Gasteiger partial charge on any atom is 0.116 e. The van der Waals surface area contributed by atoms with Crippen LogP contribution in [0.5, 0.6) is 0 Å². The Morgan fingerprint density at radius 2 is 1.79 bits per heavy atom. The molecule has 2 N–H and O–H groups in total. The molecule has 3 nitrogen and oxygen atoms in total. The molecule has 0 bridgehead atoms. The quantitative estimate of drug-likeness (QED) is 0.800. The van der Waals surface area contributed by atoms with Gasteiger partial charge in [-0.25, -0.2) is 0 Å². The van der Waals surface area contributed by atoms with Crippen molar-refractivity contribution in [2.45, 2.75) is 6.04 Å². The van der Waals surface area contributed by atoms with Gasteiger partial charge in [0.1, 0.15) is 5.76 Å². The maximum atomic E-state index is 5.26. The Morgan fingerprint density at radius 1 is 1.05 bits per heavy atom. The molecule has 2 atom stereocenters. The summed E-state index contributed by atoms with van der Waals surface area (Å²) in [5, 5.41) is 0. The van der Waals surface area contributed by atoms with E-state index >= 15 is 0 Å². The fourth-order valence-electron chi connectivity index (χ4n) is 2.28. The minimum absolute atomic E-state index is 0. The summed E-state index contributed by atoms with van der Waals surface area (Å²) in [7, 11) is 1.69. The first-order chi connectivity index (χ1) is 8.86. The number of methoxy groups -OCH3 is 1. The fraction of sp³-hybridized carbons (Fsp3) is 0.188. The van der Waals surface area contributed by atoms with Gasteiger partial charge in [-0.3, -0.25) is 4.99 Å². The van der Waals surface area contributed by atoms with Crippen LogP contribution < -0.4 is 0 Å². The number of ether oxygens (including phenoxy) is 1. The highest BCUT2D eigenvalue weighted by atomic mass is 16.5. The van der Waals surface area contributed by atoms with Crippen LogP contribution in [0.4, 0.5) is 0 Å². The van der Waals surface area contributed by atoms with Crippen LogP contribution in [0.25, 0.3) is 0 Å². The molecule has 3 rings (SSSR count). The smallest absolute Gasteiger partial charge is 0.116 e. The molecule has 19 heavy (non-hydrogen) atoms. The Hall–Kier alpha value is -2.13. The van der Waals surface area contributed by atoms with E-state index in [4.69, 9.17) is 9.73 Å². The molecule has 0 saturated carbocycles. The van der Waals surface area contributed by atoms with Crippen molar-refractivity contribution in [3.8, 4) is 0 Å². The van der Waals surface area contributed by atoms with Gasteiger partial charge in [0.2, 0.25) is 0 Å². The molecule has 0 amide bonds. The van der Waals surface area contributed by atoms with E-state index in [9.17, 15) is 0 Å². The number of benzene rings is 1. The number of aliphatic imine (C=N–C) groups is 1. The van der Waals surface area contributed by atoms with Crippen LogP contribution in [0.15, 0.2) is 71.5 Å². The first-order valence-corrected chi connectivity index (χ1v) is 6.12. The lowest BCUT2D eigenvalue weighted by molar-refractivity contribution is 0.300. The number of hydrogen-bond donors (Lipinski definition) is 0. The summed E-state index contributed by atoms with van der Waals surface area (Å²) in [5.74, 6) is 1.25. The lowest BCUT2D eigenvalue weighted by atomic mass is 9.90. The Balaban J connectivity index is 0.00000133. The molecule has 2 aliphatic rings. The van der Waals surface area contributed by atoms with Crippen molar-refractivity contribution in [2.24, 2.45) is 10.9 Å². The van der Waals surface area contributed by atoms with Gasteiger partial charge in [-0.1, -0.05) is 42.5 Å². The van der Waals surface area contributed by atoms with E-state index in [-0.39, 0.29) is 11.5 Å². The Morgan fingerprint density at radius 3 is 2.53 bits per heavy atom. The first-order valence-electron chi connectivity index (χ1n) is 6.12. The highest BCUT2D eigenvalue weighted by Gasteiger charge is 2.22.